The molecular formula is C12H24N2O2. The molecule has 2 N–H and O–H groups in total. The highest BCUT2D eigenvalue weighted by Crippen LogP contribution is 2.17. The summed E-state index contributed by atoms with van der Waals surface area (Å²) in [7, 11) is 1.69. The van der Waals surface area contributed by atoms with Gasteiger partial charge in [-0.3, -0.25) is 4.79 Å². The molecule has 1 rings (SSSR count). The highest BCUT2D eigenvalue weighted by molar-refractivity contribution is 5.81. The first kappa shape index (κ1) is 13.5. The Morgan fingerprint density at radius 2 is 2.12 bits per heavy atom. The van der Waals surface area contributed by atoms with E-state index in [-0.39, 0.29) is 11.9 Å². The summed E-state index contributed by atoms with van der Waals surface area (Å²) >= 11 is 0. The maximum absolute atomic E-state index is 11.8. The minimum atomic E-state index is -0.0996. The molecule has 4 nitrogen and oxygen atoms in total. The third kappa shape index (κ3) is 4.94. The molecule has 0 spiro atoms. The second kappa shape index (κ2) is 7.63. The van der Waals surface area contributed by atoms with E-state index in [0.29, 0.717) is 6.04 Å². The summed E-state index contributed by atoms with van der Waals surface area (Å²) < 4.78 is 4.95. The van der Waals surface area contributed by atoms with Gasteiger partial charge >= 0.3 is 0 Å². The number of rotatable bonds is 7. The van der Waals surface area contributed by atoms with Crippen LogP contribution in [-0.2, 0) is 9.53 Å². The molecule has 0 aromatic heterocycles. The largest absolute Gasteiger partial charge is 0.385 e. The number of ether oxygens (including phenoxy) is 1. The lowest BCUT2D eigenvalue weighted by molar-refractivity contribution is -0.123. The Hall–Kier alpha value is -0.610. The fraction of sp³-hybridized carbons (Fsp3) is 0.917. The predicted molar refractivity (Wildman–Crippen MR) is 64.4 cm³/mol. The van der Waals surface area contributed by atoms with Gasteiger partial charge in [-0.1, -0.05) is 12.8 Å². The highest BCUT2D eigenvalue weighted by Gasteiger charge is 2.19. The van der Waals surface area contributed by atoms with Gasteiger partial charge in [-0.25, -0.2) is 0 Å². The Labute approximate surface area is 98.1 Å². The summed E-state index contributed by atoms with van der Waals surface area (Å²) in [6.07, 6.45) is 5.73. The fourth-order valence-corrected chi connectivity index (χ4v) is 2.02. The molecule has 1 amide bonds. The van der Waals surface area contributed by atoms with Crippen LogP contribution in [0.25, 0.3) is 0 Å². The molecule has 0 aromatic carbocycles. The van der Waals surface area contributed by atoms with Crippen LogP contribution in [0.2, 0.25) is 0 Å². The fourth-order valence-electron chi connectivity index (χ4n) is 2.02. The Balaban J connectivity index is 2.09. The minimum absolute atomic E-state index is 0.0996. The van der Waals surface area contributed by atoms with Crippen LogP contribution in [0.4, 0.5) is 0 Å². The van der Waals surface area contributed by atoms with E-state index >= 15 is 0 Å². The van der Waals surface area contributed by atoms with Crippen molar-refractivity contribution in [3.8, 4) is 0 Å². The van der Waals surface area contributed by atoms with Gasteiger partial charge in [-0.2, -0.15) is 0 Å². The lowest BCUT2D eigenvalue weighted by atomic mass is 10.2. The van der Waals surface area contributed by atoms with Crippen LogP contribution in [0.1, 0.15) is 39.0 Å². The summed E-state index contributed by atoms with van der Waals surface area (Å²) in [6.45, 7) is 3.48. The average Bonchev–Trinajstić information content (AvgIpc) is 2.76. The van der Waals surface area contributed by atoms with Gasteiger partial charge < -0.3 is 15.4 Å². The van der Waals surface area contributed by atoms with Crippen molar-refractivity contribution in [2.75, 3.05) is 20.3 Å². The lowest BCUT2D eigenvalue weighted by Crippen LogP contribution is -2.45. The maximum Gasteiger partial charge on any atom is 0.237 e. The molecule has 1 unspecified atom stereocenters. The summed E-state index contributed by atoms with van der Waals surface area (Å²) in [5, 5.41) is 6.29. The second-order valence-electron chi connectivity index (χ2n) is 4.51. The van der Waals surface area contributed by atoms with Gasteiger partial charge in [0, 0.05) is 19.8 Å². The predicted octanol–water partition coefficient (Wildman–Crippen LogP) is 1.06. The molecule has 1 aliphatic carbocycles. The maximum atomic E-state index is 11.8. The van der Waals surface area contributed by atoms with Gasteiger partial charge in [-0.05, 0) is 32.7 Å². The van der Waals surface area contributed by atoms with Crippen LogP contribution in [0.15, 0.2) is 0 Å². The number of carbonyl (C=O) groups is 1. The number of nitrogens with one attached hydrogen (secondary N) is 2. The molecule has 0 bridgehead atoms. The number of hydrogen-bond donors (Lipinski definition) is 2. The molecule has 1 aliphatic rings. The van der Waals surface area contributed by atoms with E-state index in [1.54, 1.807) is 7.11 Å². The van der Waals surface area contributed by atoms with E-state index in [1.807, 2.05) is 6.92 Å². The highest BCUT2D eigenvalue weighted by atomic mass is 16.5. The van der Waals surface area contributed by atoms with Crippen LogP contribution in [0.3, 0.4) is 0 Å². The first-order valence-corrected chi connectivity index (χ1v) is 6.26. The van der Waals surface area contributed by atoms with Gasteiger partial charge in [0.25, 0.3) is 0 Å². The molecule has 1 atom stereocenters. The molecule has 94 valence electrons. The van der Waals surface area contributed by atoms with E-state index in [0.717, 1.165) is 32.4 Å². The molecule has 4 heteroatoms. The monoisotopic (exact) mass is 228 g/mol. The number of carbonyl (C=O) groups excluding carboxylic acids is 1. The SMILES string of the molecule is COCCCNC(C)C(=O)NC1CCCC1. The van der Waals surface area contributed by atoms with Gasteiger partial charge in [0.15, 0.2) is 0 Å². The first-order chi connectivity index (χ1) is 7.74. The summed E-state index contributed by atoms with van der Waals surface area (Å²) in [6, 6.07) is 0.313. The zero-order valence-electron chi connectivity index (χ0n) is 10.4. The van der Waals surface area contributed by atoms with Crippen molar-refractivity contribution in [2.45, 2.75) is 51.1 Å². The Kier molecular flexibility index (Phi) is 6.42. The van der Waals surface area contributed by atoms with E-state index < -0.39 is 0 Å². The van der Waals surface area contributed by atoms with Crippen LogP contribution < -0.4 is 10.6 Å². The van der Waals surface area contributed by atoms with Gasteiger partial charge in [0.2, 0.25) is 5.91 Å². The van der Waals surface area contributed by atoms with Crippen molar-refractivity contribution in [1.82, 2.24) is 10.6 Å². The molecule has 1 fully saturated rings. The molecule has 0 heterocycles. The van der Waals surface area contributed by atoms with Crippen molar-refractivity contribution in [1.29, 1.82) is 0 Å². The standard InChI is InChI=1S/C12H24N2O2/c1-10(13-8-5-9-16-2)12(15)14-11-6-3-4-7-11/h10-11,13H,3-9H2,1-2H3,(H,14,15). The van der Waals surface area contributed by atoms with Crippen molar-refractivity contribution < 1.29 is 9.53 Å². The number of methoxy groups -OCH3 is 1. The third-order valence-electron chi connectivity index (χ3n) is 3.07. The van der Waals surface area contributed by atoms with Crippen LogP contribution in [0.5, 0.6) is 0 Å². The quantitative estimate of drug-likeness (QED) is 0.641. The Morgan fingerprint density at radius 1 is 1.44 bits per heavy atom. The third-order valence-corrected chi connectivity index (χ3v) is 3.07. The summed E-state index contributed by atoms with van der Waals surface area (Å²) in [5.74, 6) is 0.129. The minimum Gasteiger partial charge on any atom is -0.385 e. The smallest absolute Gasteiger partial charge is 0.237 e. The average molecular weight is 228 g/mol. The molecule has 1 saturated carbocycles. The van der Waals surface area contributed by atoms with Crippen molar-refractivity contribution >= 4 is 5.91 Å². The normalized spacial score (nSPS) is 18.6. The molecular weight excluding hydrogens is 204 g/mol. The Bertz CT molecular complexity index is 203. The molecule has 0 radical (unpaired) electrons. The lowest BCUT2D eigenvalue weighted by Gasteiger charge is -2.17. The first-order valence-electron chi connectivity index (χ1n) is 6.26. The van der Waals surface area contributed by atoms with Crippen LogP contribution >= 0.6 is 0 Å². The zero-order chi connectivity index (χ0) is 11.8. The van der Waals surface area contributed by atoms with Gasteiger partial charge in [0.1, 0.15) is 0 Å². The van der Waals surface area contributed by atoms with Crippen LogP contribution in [0, 0.1) is 0 Å². The van der Waals surface area contributed by atoms with Crippen molar-refractivity contribution in [3.05, 3.63) is 0 Å². The Morgan fingerprint density at radius 3 is 2.75 bits per heavy atom. The van der Waals surface area contributed by atoms with E-state index in [2.05, 4.69) is 10.6 Å². The molecule has 0 saturated heterocycles. The number of amides is 1. The van der Waals surface area contributed by atoms with Crippen molar-refractivity contribution in [3.63, 3.8) is 0 Å². The van der Waals surface area contributed by atoms with E-state index in [1.165, 1.54) is 12.8 Å². The zero-order valence-corrected chi connectivity index (χ0v) is 10.4. The molecule has 16 heavy (non-hydrogen) atoms. The summed E-state index contributed by atoms with van der Waals surface area (Å²) in [5.41, 5.74) is 0. The van der Waals surface area contributed by atoms with Crippen molar-refractivity contribution in [2.24, 2.45) is 0 Å². The molecule has 0 aliphatic heterocycles. The van der Waals surface area contributed by atoms with Gasteiger partial charge in [0.05, 0.1) is 6.04 Å². The van der Waals surface area contributed by atoms with Crippen LogP contribution in [-0.4, -0.2) is 38.3 Å². The van der Waals surface area contributed by atoms with E-state index in [4.69, 9.17) is 4.74 Å². The topological polar surface area (TPSA) is 50.4 Å². The number of hydrogen-bond acceptors (Lipinski definition) is 3. The second-order valence-corrected chi connectivity index (χ2v) is 4.51. The van der Waals surface area contributed by atoms with E-state index in [9.17, 15) is 4.79 Å². The summed E-state index contributed by atoms with van der Waals surface area (Å²) in [4.78, 5) is 11.8. The molecule has 0 aromatic rings. The van der Waals surface area contributed by atoms with Gasteiger partial charge in [-0.15, -0.1) is 0 Å².